The van der Waals surface area contributed by atoms with Gasteiger partial charge in [0.2, 0.25) is 5.91 Å². The van der Waals surface area contributed by atoms with Crippen LogP contribution in [0.15, 0.2) is 0 Å². The van der Waals surface area contributed by atoms with Crippen molar-refractivity contribution in [3.05, 3.63) is 0 Å². The molecule has 1 saturated carbocycles. The zero-order chi connectivity index (χ0) is 12.6. The van der Waals surface area contributed by atoms with Crippen LogP contribution in [0.25, 0.3) is 0 Å². The molecule has 1 aliphatic heterocycles. The van der Waals surface area contributed by atoms with E-state index in [9.17, 15) is 4.79 Å². The number of nitrogens with one attached hydrogen (secondary N) is 2. The Kier molecular flexibility index (Phi) is 8.47. The number of carbonyl (C=O) groups excluding carboxylic acids is 1. The Morgan fingerprint density at radius 3 is 2.47 bits per heavy atom. The van der Waals surface area contributed by atoms with Crippen LogP contribution in [-0.2, 0) is 4.79 Å². The van der Waals surface area contributed by atoms with Crippen molar-refractivity contribution in [1.29, 1.82) is 0 Å². The highest BCUT2D eigenvalue weighted by Gasteiger charge is 2.16. The van der Waals surface area contributed by atoms with E-state index in [0.717, 1.165) is 44.2 Å². The predicted octanol–water partition coefficient (Wildman–Crippen LogP) is 2.88. The average molecular weight is 289 g/mol. The lowest BCUT2D eigenvalue weighted by molar-refractivity contribution is -0.121. The van der Waals surface area contributed by atoms with Crippen molar-refractivity contribution in [3.8, 4) is 0 Å². The van der Waals surface area contributed by atoms with Gasteiger partial charge in [0.05, 0.1) is 0 Å². The monoisotopic (exact) mass is 288 g/mol. The van der Waals surface area contributed by atoms with Crippen LogP contribution in [0.3, 0.4) is 0 Å². The fourth-order valence-corrected chi connectivity index (χ4v) is 3.31. The Balaban J connectivity index is 0.00000180. The third-order valence-electron chi connectivity index (χ3n) is 4.53. The van der Waals surface area contributed by atoms with Gasteiger partial charge in [-0.1, -0.05) is 25.7 Å². The molecule has 0 aromatic carbocycles. The summed E-state index contributed by atoms with van der Waals surface area (Å²) in [6, 6.07) is 0. The Morgan fingerprint density at radius 1 is 1.05 bits per heavy atom. The van der Waals surface area contributed by atoms with Gasteiger partial charge in [0.1, 0.15) is 0 Å². The quantitative estimate of drug-likeness (QED) is 0.789. The molecule has 2 aliphatic rings. The largest absolute Gasteiger partial charge is 0.356 e. The first-order chi connectivity index (χ1) is 8.84. The predicted molar refractivity (Wildman–Crippen MR) is 81.7 cm³/mol. The third kappa shape index (κ3) is 6.62. The molecule has 3 nitrogen and oxygen atoms in total. The molecule has 1 heterocycles. The standard InChI is InChI=1S/C15H28N2O.ClH/c18-15(8-7-13-4-1-2-5-13)17-11-9-14-6-3-10-16-12-14;/h13-14,16H,1-12H2,(H,17,18);1H. The molecule has 0 aromatic rings. The van der Waals surface area contributed by atoms with Crippen LogP contribution in [-0.4, -0.2) is 25.5 Å². The van der Waals surface area contributed by atoms with Crippen LogP contribution >= 0.6 is 12.4 Å². The summed E-state index contributed by atoms with van der Waals surface area (Å²) < 4.78 is 0. The SMILES string of the molecule is Cl.O=C(CCC1CCCC1)NCCC1CCCNC1. The zero-order valence-electron chi connectivity index (χ0n) is 12.0. The van der Waals surface area contributed by atoms with Crippen LogP contribution in [0.1, 0.15) is 57.8 Å². The van der Waals surface area contributed by atoms with E-state index >= 15 is 0 Å². The molecule has 1 amide bonds. The maximum atomic E-state index is 11.7. The highest BCUT2D eigenvalue weighted by molar-refractivity contribution is 5.85. The summed E-state index contributed by atoms with van der Waals surface area (Å²) in [4.78, 5) is 11.7. The second kappa shape index (κ2) is 9.60. The molecule has 19 heavy (non-hydrogen) atoms. The number of carbonyl (C=O) groups is 1. The van der Waals surface area contributed by atoms with Gasteiger partial charge >= 0.3 is 0 Å². The summed E-state index contributed by atoms with van der Waals surface area (Å²) in [5, 5.41) is 6.51. The molecule has 4 heteroatoms. The number of piperidine rings is 1. The Bertz CT molecular complexity index is 249. The van der Waals surface area contributed by atoms with Crippen molar-refractivity contribution in [1.82, 2.24) is 10.6 Å². The molecule has 0 spiro atoms. The van der Waals surface area contributed by atoms with Gasteiger partial charge in [0, 0.05) is 13.0 Å². The van der Waals surface area contributed by atoms with E-state index in [1.807, 2.05) is 0 Å². The second-order valence-electron chi connectivity index (χ2n) is 6.04. The lowest BCUT2D eigenvalue weighted by Gasteiger charge is -2.22. The molecule has 0 bridgehead atoms. The number of halogens is 1. The molecule has 0 aromatic heterocycles. The summed E-state index contributed by atoms with van der Waals surface area (Å²) in [6.45, 7) is 3.18. The van der Waals surface area contributed by atoms with Crippen molar-refractivity contribution in [2.24, 2.45) is 11.8 Å². The highest BCUT2D eigenvalue weighted by Crippen LogP contribution is 2.28. The van der Waals surface area contributed by atoms with Gasteiger partial charge in [-0.25, -0.2) is 0 Å². The Morgan fingerprint density at radius 2 is 1.79 bits per heavy atom. The van der Waals surface area contributed by atoms with Gasteiger partial charge in [0.25, 0.3) is 0 Å². The second-order valence-corrected chi connectivity index (χ2v) is 6.04. The molecule has 1 aliphatic carbocycles. The van der Waals surface area contributed by atoms with Gasteiger partial charge in [-0.3, -0.25) is 4.79 Å². The van der Waals surface area contributed by atoms with Gasteiger partial charge in [-0.05, 0) is 50.6 Å². The van der Waals surface area contributed by atoms with Crippen LogP contribution in [0.4, 0.5) is 0 Å². The average Bonchev–Trinajstić information content (AvgIpc) is 2.91. The summed E-state index contributed by atoms with van der Waals surface area (Å²) >= 11 is 0. The van der Waals surface area contributed by atoms with E-state index in [4.69, 9.17) is 0 Å². The van der Waals surface area contributed by atoms with Crippen LogP contribution in [0, 0.1) is 11.8 Å². The Labute approximate surface area is 123 Å². The lowest BCUT2D eigenvalue weighted by atomic mass is 9.96. The van der Waals surface area contributed by atoms with E-state index in [2.05, 4.69) is 10.6 Å². The first-order valence-electron chi connectivity index (χ1n) is 7.82. The van der Waals surface area contributed by atoms with Crippen molar-refractivity contribution >= 4 is 18.3 Å². The molecule has 2 N–H and O–H groups in total. The summed E-state index contributed by atoms with van der Waals surface area (Å²) in [6.07, 6.45) is 11.1. The van der Waals surface area contributed by atoms with E-state index < -0.39 is 0 Å². The van der Waals surface area contributed by atoms with Gasteiger partial charge in [0.15, 0.2) is 0 Å². The fourth-order valence-electron chi connectivity index (χ4n) is 3.31. The molecular weight excluding hydrogens is 260 g/mol. The smallest absolute Gasteiger partial charge is 0.220 e. The molecule has 0 radical (unpaired) electrons. The van der Waals surface area contributed by atoms with E-state index in [1.165, 1.54) is 45.1 Å². The third-order valence-corrected chi connectivity index (χ3v) is 4.53. The minimum atomic E-state index is 0. The van der Waals surface area contributed by atoms with E-state index in [-0.39, 0.29) is 18.3 Å². The molecule has 1 atom stereocenters. The first-order valence-corrected chi connectivity index (χ1v) is 7.82. The molecule has 1 saturated heterocycles. The van der Waals surface area contributed by atoms with Gasteiger partial charge < -0.3 is 10.6 Å². The van der Waals surface area contributed by atoms with E-state index in [0.29, 0.717) is 0 Å². The lowest BCUT2D eigenvalue weighted by Crippen LogP contribution is -2.33. The van der Waals surface area contributed by atoms with Gasteiger partial charge in [-0.2, -0.15) is 0 Å². The van der Waals surface area contributed by atoms with Crippen molar-refractivity contribution in [2.75, 3.05) is 19.6 Å². The molecular formula is C15H29ClN2O. The number of rotatable bonds is 6. The topological polar surface area (TPSA) is 41.1 Å². The molecule has 1 unspecified atom stereocenters. The van der Waals surface area contributed by atoms with E-state index in [1.54, 1.807) is 0 Å². The maximum absolute atomic E-state index is 11.7. The summed E-state index contributed by atoms with van der Waals surface area (Å²) in [5.41, 5.74) is 0. The number of hydrogen-bond donors (Lipinski definition) is 2. The fraction of sp³-hybridized carbons (Fsp3) is 0.933. The zero-order valence-corrected chi connectivity index (χ0v) is 12.8. The van der Waals surface area contributed by atoms with Crippen molar-refractivity contribution in [3.63, 3.8) is 0 Å². The number of amides is 1. The van der Waals surface area contributed by atoms with Crippen LogP contribution < -0.4 is 10.6 Å². The molecule has 2 fully saturated rings. The van der Waals surface area contributed by atoms with Crippen LogP contribution in [0.2, 0.25) is 0 Å². The molecule has 112 valence electrons. The van der Waals surface area contributed by atoms with Crippen molar-refractivity contribution in [2.45, 2.75) is 57.8 Å². The minimum absolute atomic E-state index is 0. The first kappa shape index (κ1) is 16.8. The van der Waals surface area contributed by atoms with Crippen LogP contribution in [0.5, 0.6) is 0 Å². The minimum Gasteiger partial charge on any atom is -0.356 e. The molecule has 2 rings (SSSR count). The normalized spacial score (nSPS) is 23.9. The van der Waals surface area contributed by atoms with Crippen molar-refractivity contribution < 1.29 is 4.79 Å². The summed E-state index contributed by atoms with van der Waals surface area (Å²) in [5.74, 6) is 1.87. The highest BCUT2D eigenvalue weighted by atomic mass is 35.5. The summed E-state index contributed by atoms with van der Waals surface area (Å²) in [7, 11) is 0. The van der Waals surface area contributed by atoms with Gasteiger partial charge in [-0.15, -0.1) is 12.4 Å². The number of hydrogen-bond acceptors (Lipinski definition) is 2. The Hall–Kier alpha value is -0.280. The maximum Gasteiger partial charge on any atom is 0.220 e.